The van der Waals surface area contributed by atoms with Crippen LogP contribution in [0.4, 0.5) is 10.1 Å². The van der Waals surface area contributed by atoms with Crippen molar-refractivity contribution in [2.45, 2.75) is 18.4 Å². The maximum absolute atomic E-state index is 14.1. The molecule has 0 radical (unpaired) electrons. The van der Waals surface area contributed by atoms with Gasteiger partial charge in [-0.25, -0.2) is 22.1 Å². The first-order chi connectivity index (χ1) is 14.8. The van der Waals surface area contributed by atoms with Gasteiger partial charge in [0.05, 0.1) is 17.1 Å². The summed E-state index contributed by atoms with van der Waals surface area (Å²) in [6.07, 6.45) is 0. The number of anilines is 1. The third-order valence-corrected chi connectivity index (χ3v) is 7.15. The number of nitrogens with zero attached hydrogens (tertiary/aromatic N) is 4. The molecule has 0 atom stereocenters. The van der Waals surface area contributed by atoms with E-state index in [1.807, 2.05) is 24.0 Å². The normalized spacial score (nSPS) is 15.0. The highest BCUT2D eigenvalue weighted by Gasteiger charge is 2.23. The summed E-state index contributed by atoms with van der Waals surface area (Å²) in [4.78, 5) is 9.14. The average molecular weight is 575 g/mol. The van der Waals surface area contributed by atoms with Gasteiger partial charge in [-0.1, -0.05) is 30.3 Å². The summed E-state index contributed by atoms with van der Waals surface area (Å²) in [6, 6.07) is 13.8. The molecule has 0 unspecified atom stereocenters. The molecule has 7 nitrogen and oxygen atoms in total. The number of benzene rings is 2. The van der Waals surface area contributed by atoms with Crippen molar-refractivity contribution in [1.82, 2.24) is 14.5 Å². The van der Waals surface area contributed by atoms with Crippen LogP contribution in [0.2, 0.25) is 0 Å². The third-order valence-electron chi connectivity index (χ3n) is 5.24. The minimum Gasteiger partial charge on any atom is -0.366 e. The molecule has 1 aliphatic rings. The quantitative estimate of drug-likeness (QED) is 0.326. The number of para-hydroxylation sites is 1. The second-order valence-electron chi connectivity index (χ2n) is 7.49. The van der Waals surface area contributed by atoms with Crippen LogP contribution < -0.4 is 10.2 Å². The number of nitrogens with one attached hydrogen (secondary N) is 1. The minimum atomic E-state index is -3.55. The Morgan fingerprint density at radius 3 is 2.31 bits per heavy atom. The smallest absolute Gasteiger partial charge is 0.242 e. The van der Waals surface area contributed by atoms with Gasteiger partial charge >= 0.3 is 0 Å². The number of guanidine groups is 1. The van der Waals surface area contributed by atoms with E-state index in [9.17, 15) is 12.8 Å². The van der Waals surface area contributed by atoms with Crippen LogP contribution >= 0.6 is 24.0 Å². The lowest BCUT2D eigenvalue weighted by molar-refractivity contribution is 0.370. The highest BCUT2D eigenvalue weighted by molar-refractivity contribution is 14.0. The molecule has 0 aromatic heterocycles. The molecule has 0 amide bonds. The molecule has 0 spiro atoms. The first kappa shape index (κ1) is 26.3. The lowest BCUT2D eigenvalue weighted by Gasteiger charge is -2.37. The van der Waals surface area contributed by atoms with Crippen molar-refractivity contribution >= 4 is 45.6 Å². The Hall–Kier alpha value is -1.92. The monoisotopic (exact) mass is 575 g/mol. The highest BCUT2D eigenvalue weighted by atomic mass is 127. The lowest BCUT2D eigenvalue weighted by atomic mass is 10.2. The fraction of sp³-hybridized carbons (Fsp3) is 0.409. The summed E-state index contributed by atoms with van der Waals surface area (Å²) in [5.41, 5.74) is 1.27. The number of halogens is 2. The van der Waals surface area contributed by atoms with Gasteiger partial charge in [0.2, 0.25) is 10.0 Å². The fourth-order valence-electron chi connectivity index (χ4n) is 3.54. The molecule has 0 aliphatic carbocycles. The van der Waals surface area contributed by atoms with Crippen molar-refractivity contribution in [3.05, 3.63) is 59.9 Å². The maximum atomic E-state index is 14.1. The van der Waals surface area contributed by atoms with Gasteiger partial charge in [-0.2, -0.15) is 0 Å². The Morgan fingerprint density at radius 1 is 1.06 bits per heavy atom. The van der Waals surface area contributed by atoms with E-state index in [1.54, 1.807) is 30.3 Å². The van der Waals surface area contributed by atoms with Crippen LogP contribution in [-0.2, 0) is 16.6 Å². The Labute approximate surface area is 207 Å². The highest BCUT2D eigenvalue weighted by Crippen LogP contribution is 2.21. The van der Waals surface area contributed by atoms with Crippen LogP contribution in [0.1, 0.15) is 12.5 Å². The SMILES string of the molecule is CCNC(=NCc1ccccc1S(=O)(=O)N(C)C)N1CCN(c2ccccc2F)CC1.I. The summed E-state index contributed by atoms with van der Waals surface area (Å²) in [5, 5.41) is 3.29. The molecule has 0 bridgehead atoms. The largest absolute Gasteiger partial charge is 0.366 e. The molecular formula is C22H31FIN5O2S. The number of rotatable bonds is 6. The summed E-state index contributed by atoms with van der Waals surface area (Å²) in [5.74, 6) is 0.517. The first-order valence-electron chi connectivity index (χ1n) is 10.4. The van der Waals surface area contributed by atoms with Gasteiger partial charge in [0.25, 0.3) is 0 Å². The number of hydrogen-bond donors (Lipinski definition) is 1. The molecule has 1 saturated heterocycles. The summed E-state index contributed by atoms with van der Waals surface area (Å²) >= 11 is 0. The van der Waals surface area contributed by atoms with E-state index in [0.29, 0.717) is 44.0 Å². The van der Waals surface area contributed by atoms with Gasteiger partial charge in [0.15, 0.2) is 5.96 Å². The Kier molecular flexibility index (Phi) is 9.71. The van der Waals surface area contributed by atoms with Crippen molar-refractivity contribution in [3.8, 4) is 0 Å². The fourth-order valence-corrected chi connectivity index (χ4v) is 4.64. The second kappa shape index (κ2) is 11.8. The molecule has 176 valence electrons. The summed E-state index contributed by atoms with van der Waals surface area (Å²) in [6.45, 7) is 5.68. The molecule has 3 rings (SSSR count). The van der Waals surface area contributed by atoms with Gasteiger partial charge in [-0.3, -0.25) is 0 Å². The Balaban J connectivity index is 0.00000363. The molecule has 2 aromatic rings. The zero-order chi connectivity index (χ0) is 22.4. The van der Waals surface area contributed by atoms with Crippen molar-refractivity contribution in [3.63, 3.8) is 0 Å². The van der Waals surface area contributed by atoms with Crippen LogP contribution in [0.5, 0.6) is 0 Å². The summed E-state index contributed by atoms with van der Waals surface area (Å²) in [7, 11) is -0.502. The van der Waals surface area contributed by atoms with Gasteiger partial charge in [-0.15, -0.1) is 24.0 Å². The van der Waals surface area contributed by atoms with Crippen LogP contribution in [0.15, 0.2) is 58.4 Å². The van der Waals surface area contributed by atoms with E-state index in [-0.39, 0.29) is 41.2 Å². The van der Waals surface area contributed by atoms with Crippen LogP contribution in [0.25, 0.3) is 0 Å². The van der Waals surface area contributed by atoms with Crippen molar-refractivity contribution < 1.29 is 12.8 Å². The van der Waals surface area contributed by atoms with Gasteiger partial charge < -0.3 is 15.1 Å². The van der Waals surface area contributed by atoms with Gasteiger partial charge in [0.1, 0.15) is 5.82 Å². The zero-order valence-electron chi connectivity index (χ0n) is 18.7. The predicted molar refractivity (Wildman–Crippen MR) is 138 cm³/mol. The van der Waals surface area contributed by atoms with E-state index >= 15 is 0 Å². The van der Waals surface area contributed by atoms with Crippen molar-refractivity contribution in [2.75, 3.05) is 51.7 Å². The molecule has 10 heteroatoms. The predicted octanol–water partition coefficient (Wildman–Crippen LogP) is 2.98. The zero-order valence-corrected chi connectivity index (χ0v) is 21.8. The molecule has 1 fully saturated rings. The topological polar surface area (TPSA) is 68.2 Å². The molecule has 2 aromatic carbocycles. The van der Waals surface area contributed by atoms with E-state index in [1.165, 1.54) is 24.5 Å². The van der Waals surface area contributed by atoms with Gasteiger partial charge in [-0.05, 0) is 30.7 Å². The number of aliphatic imine (C=N–C) groups is 1. The van der Waals surface area contributed by atoms with E-state index in [0.717, 1.165) is 5.96 Å². The minimum absolute atomic E-state index is 0. The third kappa shape index (κ3) is 6.10. The van der Waals surface area contributed by atoms with Crippen molar-refractivity contribution in [1.29, 1.82) is 0 Å². The molecule has 1 heterocycles. The Bertz CT molecular complexity index is 1020. The van der Waals surface area contributed by atoms with Gasteiger partial charge in [0, 0.05) is 46.8 Å². The summed E-state index contributed by atoms with van der Waals surface area (Å²) < 4.78 is 40.6. The van der Waals surface area contributed by atoms with Crippen LogP contribution in [-0.4, -0.2) is 70.4 Å². The molecule has 32 heavy (non-hydrogen) atoms. The standard InChI is InChI=1S/C22H30FN5O2S.HI/c1-4-24-22(25-17-18-9-5-8-12-21(18)31(29,30)26(2)3)28-15-13-27(14-16-28)20-11-7-6-10-19(20)23;/h5-12H,4,13-17H2,1-3H3,(H,24,25);1H. The molecule has 1 N–H and O–H groups in total. The van der Waals surface area contributed by atoms with Crippen LogP contribution in [0.3, 0.4) is 0 Å². The van der Waals surface area contributed by atoms with E-state index in [2.05, 4.69) is 10.2 Å². The lowest BCUT2D eigenvalue weighted by Crippen LogP contribution is -2.52. The maximum Gasteiger partial charge on any atom is 0.242 e. The van der Waals surface area contributed by atoms with E-state index < -0.39 is 10.0 Å². The average Bonchev–Trinajstić information content (AvgIpc) is 2.77. The number of sulfonamides is 1. The number of piperazine rings is 1. The molecule has 0 saturated carbocycles. The first-order valence-corrected chi connectivity index (χ1v) is 11.8. The number of hydrogen-bond acceptors (Lipinski definition) is 4. The second-order valence-corrected chi connectivity index (χ2v) is 9.61. The van der Waals surface area contributed by atoms with Crippen molar-refractivity contribution in [2.24, 2.45) is 4.99 Å². The molecule has 1 aliphatic heterocycles. The Morgan fingerprint density at radius 2 is 1.69 bits per heavy atom. The van der Waals surface area contributed by atoms with E-state index in [4.69, 9.17) is 4.99 Å². The molecular weight excluding hydrogens is 544 g/mol. The van der Waals surface area contributed by atoms with Crippen LogP contribution in [0, 0.1) is 5.82 Å².